The van der Waals surface area contributed by atoms with Crippen molar-refractivity contribution in [2.75, 3.05) is 19.8 Å². The predicted octanol–water partition coefficient (Wildman–Crippen LogP) is 2.01. The molecule has 106 valence electrons. The zero-order valence-electron chi connectivity index (χ0n) is 10.9. The topological polar surface area (TPSA) is 41.5 Å². The summed E-state index contributed by atoms with van der Waals surface area (Å²) in [7, 11) is 0. The third kappa shape index (κ3) is 3.72. The Morgan fingerprint density at radius 2 is 2.26 bits per heavy atom. The van der Waals surface area contributed by atoms with E-state index < -0.39 is 17.7 Å². The van der Waals surface area contributed by atoms with Gasteiger partial charge in [0.25, 0.3) is 0 Å². The van der Waals surface area contributed by atoms with Crippen LogP contribution in [0.2, 0.25) is 0 Å². The molecule has 1 aromatic rings. The number of benzene rings is 1. The summed E-state index contributed by atoms with van der Waals surface area (Å²) in [6.45, 7) is 3.67. The Morgan fingerprint density at radius 1 is 1.47 bits per heavy atom. The molecule has 3 nitrogen and oxygen atoms in total. The van der Waals surface area contributed by atoms with E-state index in [1.807, 2.05) is 6.92 Å². The molecule has 1 saturated heterocycles. The van der Waals surface area contributed by atoms with Crippen LogP contribution in [0.1, 0.15) is 25.0 Å². The van der Waals surface area contributed by atoms with Gasteiger partial charge >= 0.3 is 0 Å². The molecule has 2 N–H and O–H groups in total. The molecule has 0 amide bonds. The van der Waals surface area contributed by atoms with E-state index >= 15 is 0 Å². The lowest BCUT2D eigenvalue weighted by Crippen LogP contribution is -2.36. The van der Waals surface area contributed by atoms with Crippen molar-refractivity contribution < 1.29 is 18.6 Å². The molecule has 0 radical (unpaired) electrons. The standard InChI is InChI=1S/C14H19F2NO2/c1-9(10-4-5-19-8-10)17-7-14(18)12-6-11(15)2-3-13(12)16/h2-3,6,9-10,14,17-18H,4-5,7-8H2,1H3. The molecule has 0 aliphatic carbocycles. The molecular weight excluding hydrogens is 252 g/mol. The molecular formula is C14H19F2NO2. The van der Waals surface area contributed by atoms with Gasteiger partial charge in [0.1, 0.15) is 11.6 Å². The summed E-state index contributed by atoms with van der Waals surface area (Å²) in [5.74, 6) is -0.732. The number of aliphatic hydroxyl groups excluding tert-OH is 1. The lowest BCUT2D eigenvalue weighted by atomic mass is 10.00. The van der Waals surface area contributed by atoms with Crippen molar-refractivity contribution in [2.45, 2.75) is 25.5 Å². The number of hydrogen-bond donors (Lipinski definition) is 2. The third-order valence-electron chi connectivity index (χ3n) is 3.62. The van der Waals surface area contributed by atoms with Crippen molar-refractivity contribution in [3.8, 4) is 0 Å². The van der Waals surface area contributed by atoms with Crippen LogP contribution in [0, 0.1) is 17.6 Å². The molecule has 2 rings (SSSR count). The molecule has 1 aliphatic heterocycles. The van der Waals surface area contributed by atoms with Crippen LogP contribution in [0.5, 0.6) is 0 Å². The summed E-state index contributed by atoms with van der Waals surface area (Å²) >= 11 is 0. The van der Waals surface area contributed by atoms with E-state index in [0.717, 1.165) is 31.2 Å². The van der Waals surface area contributed by atoms with Gasteiger partial charge in [-0.15, -0.1) is 0 Å². The molecule has 0 saturated carbocycles. The molecule has 5 heteroatoms. The average Bonchev–Trinajstić information content (AvgIpc) is 2.92. The molecule has 3 unspecified atom stereocenters. The maximum absolute atomic E-state index is 13.5. The summed E-state index contributed by atoms with van der Waals surface area (Å²) in [5.41, 5.74) is -0.0117. The maximum Gasteiger partial charge on any atom is 0.129 e. The van der Waals surface area contributed by atoms with Crippen molar-refractivity contribution in [3.63, 3.8) is 0 Å². The van der Waals surface area contributed by atoms with Crippen LogP contribution in [-0.2, 0) is 4.74 Å². The minimum absolute atomic E-state index is 0.0117. The van der Waals surface area contributed by atoms with Crippen molar-refractivity contribution in [2.24, 2.45) is 5.92 Å². The Kier molecular flexibility index (Phi) is 4.85. The average molecular weight is 271 g/mol. The summed E-state index contributed by atoms with van der Waals surface area (Å²) < 4.78 is 31.8. The molecule has 19 heavy (non-hydrogen) atoms. The van der Waals surface area contributed by atoms with Gasteiger partial charge in [-0.25, -0.2) is 8.78 Å². The van der Waals surface area contributed by atoms with Gasteiger partial charge in [-0.05, 0) is 37.5 Å². The lowest BCUT2D eigenvalue weighted by Gasteiger charge is -2.21. The second-order valence-electron chi connectivity index (χ2n) is 5.00. The maximum atomic E-state index is 13.5. The Balaban J connectivity index is 1.89. The monoisotopic (exact) mass is 271 g/mol. The van der Waals surface area contributed by atoms with Gasteiger partial charge in [0.15, 0.2) is 0 Å². The van der Waals surface area contributed by atoms with Crippen molar-refractivity contribution in [3.05, 3.63) is 35.4 Å². The Hall–Kier alpha value is -1.04. The summed E-state index contributed by atoms with van der Waals surface area (Å²) in [4.78, 5) is 0. The molecule has 0 bridgehead atoms. The van der Waals surface area contributed by atoms with Crippen molar-refractivity contribution >= 4 is 0 Å². The SMILES string of the molecule is CC(NCC(O)c1cc(F)ccc1F)C1CCOC1. The number of hydrogen-bond acceptors (Lipinski definition) is 3. The number of halogens is 2. The minimum atomic E-state index is -1.06. The van der Waals surface area contributed by atoms with Crippen LogP contribution in [0.3, 0.4) is 0 Å². The second-order valence-corrected chi connectivity index (χ2v) is 5.00. The third-order valence-corrected chi connectivity index (χ3v) is 3.62. The molecule has 0 aromatic heterocycles. The van der Waals surface area contributed by atoms with Crippen LogP contribution in [0.4, 0.5) is 8.78 Å². The highest BCUT2D eigenvalue weighted by Crippen LogP contribution is 2.20. The number of rotatable bonds is 5. The highest BCUT2D eigenvalue weighted by atomic mass is 19.1. The first-order valence-electron chi connectivity index (χ1n) is 6.52. The lowest BCUT2D eigenvalue weighted by molar-refractivity contribution is 0.152. The van der Waals surface area contributed by atoms with E-state index in [9.17, 15) is 13.9 Å². The zero-order chi connectivity index (χ0) is 13.8. The molecule has 1 heterocycles. The Bertz CT molecular complexity index is 422. The van der Waals surface area contributed by atoms with Crippen LogP contribution in [-0.4, -0.2) is 30.9 Å². The van der Waals surface area contributed by atoms with Gasteiger partial charge in [-0.1, -0.05) is 0 Å². The fraction of sp³-hybridized carbons (Fsp3) is 0.571. The van der Waals surface area contributed by atoms with Gasteiger partial charge < -0.3 is 15.2 Å². The molecule has 1 aliphatic rings. The smallest absolute Gasteiger partial charge is 0.129 e. The normalized spacial score (nSPS) is 22.4. The van der Waals surface area contributed by atoms with Gasteiger partial charge in [-0.2, -0.15) is 0 Å². The molecule has 3 atom stereocenters. The second kappa shape index (κ2) is 6.41. The van der Waals surface area contributed by atoms with Crippen LogP contribution >= 0.6 is 0 Å². The van der Waals surface area contributed by atoms with Crippen molar-refractivity contribution in [1.29, 1.82) is 0 Å². The van der Waals surface area contributed by atoms with Gasteiger partial charge in [0, 0.05) is 24.8 Å². The summed E-state index contributed by atoms with van der Waals surface area (Å²) in [6, 6.07) is 3.28. The minimum Gasteiger partial charge on any atom is -0.387 e. The van der Waals surface area contributed by atoms with E-state index in [0.29, 0.717) is 12.5 Å². The number of aliphatic hydroxyl groups is 1. The van der Waals surface area contributed by atoms with Crippen LogP contribution in [0.15, 0.2) is 18.2 Å². The van der Waals surface area contributed by atoms with E-state index in [-0.39, 0.29) is 18.2 Å². The first-order chi connectivity index (χ1) is 9.08. The van der Waals surface area contributed by atoms with Crippen molar-refractivity contribution in [1.82, 2.24) is 5.32 Å². The first kappa shape index (κ1) is 14.4. The van der Waals surface area contributed by atoms with E-state index in [4.69, 9.17) is 4.74 Å². The van der Waals surface area contributed by atoms with Gasteiger partial charge in [-0.3, -0.25) is 0 Å². The quantitative estimate of drug-likeness (QED) is 0.861. The van der Waals surface area contributed by atoms with Crippen LogP contribution in [0.25, 0.3) is 0 Å². The number of ether oxygens (including phenoxy) is 1. The predicted molar refractivity (Wildman–Crippen MR) is 67.7 cm³/mol. The molecule has 1 aromatic carbocycles. The van der Waals surface area contributed by atoms with E-state index in [2.05, 4.69) is 5.32 Å². The summed E-state index contributed by atoms with van der Waals surface area (Å²) in [5, 5.41) is 13.1. The molecule has 1 fully saturated rings. The van der Waals surface area contributed by atoms with Gasteiger partial charge in [0.05, 0.1) is 12.7 Å². The Labute approximate surface area is 111 Å². The zero-order valence-corrected chi connectivity index (χ0v) is 10.9. The highest BCUT2D eigenvalue weighted by Gasteiger charge is 2.23. The van der Waals surface area contributed by atoms with E-state index in [1.54, 1.807) is 0 Å². The largest absolute Gasteiger partial charge is 0.387 e. The summed E-state index contributed by atoms with van der Waals surface area (Å²) in [6.07, 6.45) is -0.0704. The first-order valence-corrected chi connectivity index (χ1v) is 6.52. The van der Waals surface area contributed by atoms with Crippen LogP contribution < -0.4 is 5.32 Å². The fourth-order valence-electron chi connectivity index (χ4n) is 2.29. The molecule has 0 spiro atoms. The number of nitrogens with one attached hydrogen (secondary N) is 1. The van der Waals surface area contributed by atoms with E-state index in [1.165, 1.54) is 0 Å². The highest BCUT2D eigenvalue weighted by molar-refractivity contribution is 5.21. The fourth-order valence-corrected chi connectivity index (χ4v) is 2.29. The Morgan fingerprint density at radius 3 is 2.95 bits per heavy atom. The van der Waals surface area contributed by atoms with Gasteiger partial charge in [0.2, 0.25) is 0 Å².